The van der Waals surface area contributed by atoms with E-state index in [1.54, 1.807) is 0 Å². The van der Waals surface area contributed by atoms with Gasteiger partial charge in [0, 0.05) is 4.47 Å². The molecule has 0 amide bonds. The van der Waals surface area contributed by atoms with E-state index in [4.69, 9.17) is 4.74 Å². The van der Waals surface area contributed by atoms with Crippen LogP contribution >= 0.6 is 15.9 Å². The summed E-state index contributed by atoms with van der Waals surface area (Å²) in [5, 5.41) is 10.7. The van der Waals surface area contributed by atoms with E-state index in [1.165, 1.54) is 7.11 Å². The maximum atomic E-state index is 12.2. The lowest BCUT2D eigenvalue weighted by Crippen LogP contribution is -2.40. The Labute approximate surface area is 122 Å². The number of esters is 1. The molecule has 0 aliphatic heterocycles. The number of ether oxygens (including phenoxy) is 1. The van der Waals surface area contributed by atoms with Crippen LogP contribution in [0.2, 0.25) is 0 Å². The number of aliphatic hydroxyl groups is 1. The van der Waals surface area contributed by atoms with Crippen molar-refractivity contribution in [2.75, 3.05) is 7.11 Å². The number of carbonyl (C=O) groups is 1. The molecule has 1 aromatic carbocycles. The minimum atomic E-state index is -0.798. The molecule has 0 aromatic heterocycles. The van der Waals surface area contributed by atoms with Gasteiger partial charge in [0.15, 0.2) is 0 Å². The van der Waals surface area contributed by atoms with Gasteiger partial charge in [-0.3, -0.25) is 4.79 Å². The van der Waals surface area contributed by atoms with Crippen LogP contribution in [-0.2, 0) is 9.53 Å². The first-order valence-electron chi connectivity index (χ1n) is 6.62. The summed E-state index contributed by atoms with van der Waals surface area (Å²) in [6.07, 6.45) is 3.62. The molecular weight excluding hydrogens is 308 g/mol. The molecule has 1 N–H and O–H groups in total. The second kappa shape index (κ2) is 6.06. The van der Waals surface area contributed by atoms with Gasteiger partial charge in [-0.2, -0.15) is 0 Å². The summed E-state index contributed by atoms with van der Waals surface area (Å²) >= 11 is 3.37. The average Bonchev–Trinajstić information content (AvgIpc) is 2.47. The smallest absolute Gasteiger partial charge is 0.314 e. The Kier molecular flexibility index (Phi) is 4.63. The minimum Gasteiger partial charge on any atom is -0.469 e. The van der Waals surface area contributed by atoms with Gasteiger partial charge in [0.25, 0.3) is 0 Å². The van der Waals surface area contributed by atoms with Crippen molar-refractivity contribution >= 4 is 21.9 Å². The quantitative estimate of drug-likeness (QED) is 0.863. The highest BCUT2D eigenvalue weighted by Gasteiger charge is 2.47. The van der Waals surface area contributed by atoms with Gasteiger partial charge < -0.3 is 9.84 Å². The summed E-state index contributed by atoms with van der Waals surface area (Å²) in [6, 6.07) is 7.47. The highest BCUT2D eigenvalue weighted by Crippen LogP contribution is 2.47. The van der Waals surface area contributed by atoms with Gasteiger partial charge in [0.05, 0.1) is 18.6 Å². The third kappa shape index (κ3) is 2.84. The van der Waals surface area contributed by atoms with Gasteiger partial charge in [0.2, 0.25) is 0 Å². The molecule has 1 aliphatic rings. The molecule has 1 aliphatic carbocycles. The van der Waals surface area contributed by atoms with E-state index in [0.29, 0.717) is 12.8 Å². The first kappa shape index (κ1) is 14.5. The summed E-state index contributed by atoms with van der Waals surface area (Å²) in [5.74, 6) is -0.289. The Morgan fingerprint density at radius 3 is 2.37 bits per heavy atom. The molecule has 1 fully saturated rings. The molecule has 4 heteroatoms. The molecule has 0 radical (unpaired) electrons. The van der Waals surface area contributed by atoms with Gasteiger partial charge in [-0.05, 0) is 30.5 Å². The predicted molar refractivity (Wildman–Crippen MR) is 76.6 cm³/mol. The van der Waals surface area contributed by atoms with Gasteiger partial charge in [-0.15, -0.1) is 0 Å². The van der Waals surface area contributed by atoms with Crippen LogP contribution in [0.4, 0.5) is 0 Å². The number of carbonyl (C=O) groups excluding carboxylic acids is 1. The molecule has 3 nitrogen and oxygen atoms in total. The molecule has 0 heterocycles. The topological polar surface area (TPSA) is 46.5 Å². The van der Waals surface area contributed by atoms with Gasteiger partial charge >= 0.3 is 5.97 Å². The van der Waals surface area contributed by atoms with Crippen LogP contribution in [0.25, 0.3) is 0 Å². The Morgan fingerprint density at radius 2 is 1.84 bits per heavy atom. The molecular formula is C15H19BrO3. The van der Waals surface area contributed by atoms with E-state index in [2.05, 4.69) is 15.9 Å². The van der Waals surface area contributed by atoms with Crippen molar-refractivity contribution in [3.63, 3.8) is 0 Å². The third-order valence-corrected chi connectivity index (χ3v) is 4.58. The van der Waals surface area contributed by atoms with Crippen molar-refractivity contribution in [1.29, 1.82) is 0 Å². The number of hydrogen-bond donors (Lipinski definition) is 1. The first-order chi connectivity index (χ1) is 9.10. The summed E-state index contributed by atoms with van der Waals surface area (Å²) in [7, 11) is 1.40. The van der Waals surface area contributed by atoms with Crippen LogP contribution < -0.4 is 0 Å². The lowest BCUT2D eigenvalue weighted by Gasteiger charge is -2.38. The van der Waals surface area contributed by atoms with E-state index >= 15 is 0 Å². The van der Waals surface area contributed by atoms with Crippen LogP contribution in [0.15, 0.2) is 28.7 Å². The fourth-order valence-electron chi connectivity index (χ4n) is 2.94. The number of hydrogen-bond acceptors (Lipinski definition) is 3. The molecule has 104 valence electrons. The molecule has 1 atom stereocenters. The molecule has 0 spiro atoms. The summed E-state index contributed by atoms with van der Waals surface area (Å²) in [4.78, 5) is 12.2. The normalized spacial score (nSPS) is 19.7. The van der Waals surface area contributed by atoms with Crippen molar-refractivity contribution in [2.24, 2.45) is 5.41 Å². The van der Waals surface area contributed by atoms with Crippen molar-refractivity contribution in [2.45, 2.75) is 38.2 Å². The number of halogens is 1. The van der Waals surface area contributed by atoms with Crippen molar-refractivity contribution in [3.8, 4) is 0 Å². The zero-order valence-corrected chi connectivity index (χ0v) is 12.6. The van der Waals surface area contributed by atoms with Crippen LogP contribution in [0, 0.1) is 5.41 Å². The molecule has 0 bridgehead atoms. The molecule has 1 aromatic rings. The van der Waals surface area contributed by atoms with Gasteiger partial charge in [0.1, 0.15) is 0 Å². The Hall–Kier alpha value is -0.870. The second-order valence-electron chi connectivity index (χ2n) is 5.16. The zero-order valence-electron chi connectivity index (χ0n) is 11.1. The summed E-state index contributed by atoms with van der Waals surface area (Å²) < 4.78 is 5.91. The number of aliphatic hydroxyl groups excluding tert-OH is 1. The van der Waals surface area contributed by atoms with E-state index in [9.17, 15) is 9.90 Å². The van der Waals surface area contributed by atoms with E-state index in [-0.39, 0.29) is 5.97 Å². The third-order valence-electron chi connectivity index (χ3n) is 4.05. The monoisotopic (exact) mass is 326 g/mol. The average molecular weight is 327 g/mol. The van der Waals surface area contributed by atoms with Crippen molar-refractivity contribution < 1.29 is 14.6 Å². The first-order valence-corrected chi connectivity index (χ1v) is 7.41. The predicted octanol–water partition coefficient (Wildman–Crippen LogP) is 3.61. The molecule has 19 heavy (non-hydrogen) atoms. The Balaban J connectivity index is 2.32. The lowest BCUT2D eigenvalue weighted by molar-refractivity contribution is -0.164. The lowest BCUT2D eigenvalue weighted by atomic mass is 9.68. The largest absolute Gasteiger partial charge is 0.469 e. The van der Waals surface area contributed by atoms with Crippen molar-refractivity contribution in [1.82, 2.24) is 0 Å². The molecule has 2 rings (SSSR count). The Bertz CT molecular complexity index is 435. The minimum absolute atomic E-state index is 0.289. The summed E-state index contributed by atoms with van der Waals surface area (Å²) in [5.41, 5.74) is -0.00334. The Morgan fingerprint density at radius 1 is 1.26 bits per heavy atom. The van der Waals surface area contributed by atoms with Crippen LogP contribution in [0.1, 0.15) is 43.8 Å². The zero-order chi connectivity index (χ0) is 13.9. The standard InChI is InChI=1S/C15H19BrO3/c1-19-14(18)15(9-3-2-4-10-15)13(17)11-5-7-12(16)8-6-11/h5-8,13,17H,2-4,9-10H2,1H3. The van der Waals surface area contributed by atoms with Gasteiger partial charge in [-0.25, -0.2) is 0 Å². The summed E-state index contributed by atoms with van der Waals surface area (Å²) in [6.45, 7) is 0. The fourth-order valence-corrected chi connectivity index (χ4v) is 3.20. The van der Waals surface area contributed by atoms with Crippen LogP contribution in [0.5, 0.6) is 0 Å². The SMILES string of the molecule is COC(=O)C1(C(O)c2ccc(Br)cc2)CCCCC1. The van der Waals surface area contributed by atoms with Crippen molar-refractivity contribution in [3.05, 3.63) is 34.3 Å². The van der Waals surface area contributed by atoms with Crippen LogP contribution in [0.3, 0.4) is 0 Å². The fraction of sp³-hybridized carbons (Fsp3) is 0.533. The number of benzene rings is 1. The number of rotatable bonds is 3. The maximum absolute atomic E-state index is 12.2. The van der Waals surface area contributed by atoms with E-state index < -0.39 is 11.5 Å². The van der Waals surface area contributed by atoms with E-state index in [0.717, 1.165) is 29.3 Å². The molecule has 0 saturated heterocycles. The highest BCUT2D eigenvalue weighted by molar-refractivity contribution is 9.10. The maximum Gasteiger partial charge on any atom is 0.314 e. The van der Waals surface area contributed by atoms with Crippen LogP contribution in [-0.4, -0.2) is 18.2 Å². The molecule has 1 saturated carbocycles. The highest BCUT2D eigenvalue weighted by atomic mass is 79.9. The molecule has 1 unspecified atom stereocenters. The van der Waals surface area contributed by atoms with E-state index in [1.807, 2.05) is 24.3 Å². The number of methoxy groups -OCH3 is 1. The second-order valence-corrected chi connectivity index (χ2v) is 6.08. The van der Waals surface area contributed by atoms with Gasteiger partial charge in [-0.1, -0.05) is 47.3 Å².